The van der Waals surface area contributed by atoms with E-state index < -0.39 is 5.60 Å². The first-order valence-electron chi connectivity index (χ1n) is 6.85. The lowest BCUT2D eigenvalue weighted by Gasteiger charge is -2.32. The van der Waals surface area contributed by atoms with Gasteiger partial charge in [-0.25, -0.2) is 0 Å². The number of aromatic nitrogens is 2. The molecule has 0 radical (unpaired) electrons. The van der Waals surface area contributed by atoms with Gasteiger partial charge in [0, 0.05) is 39.2 Å². The maximum absolute atomic E-state index is 5.95. The molecule has 108 valence electrons. The van der Waals surface area contributed by atoms with Crippen LogP contribution in [0.15, 0.2) is 4.52 Å². The Labute approximate surface area is 113 Å². The zero-order chi connectivity index (χ0) is 13.9. The second-order valence-electron chi connectivity index (χ2n) is 5.14. The van der Waals surface area contributed by atoms with Crippen molar-refractivity contribution in [1.29, 1.82) is 0 Å². The third-order valence-corrected chi connectivity index (χ3v) is 3.93. The summed E-state index contributed by atoms with van der Waals surface area (Å²) in [6.07, 6.45) is 2.37. The van der Waals surface area contributed by atoms with Crippen molar-refractivity contribution in [2.45, 2.75) is 50.7 Å². The fourth-order valence-corrected chi connectivity index (χ4v) is 2.56. The van der Waals surface area contributed by atoms with Crippen molar-refractivity contribution in [2.75, 3.05) is 20.3 Å². The topological polar surface area (TPSA) is 83.4 Å². The number of hydrogen-bond donors (Lipinski definition) is 1. The van der Waals surface area contributed by atoms with Gasteiger partial charge >= 0.3 is 0 Å². The third kappa shape index (κ3) is 2.80. The summed E-state index contributed by atoms with van der Waals surface area (Å²) in [7, 11) is 1.68. The fraction of sp³-hybridized carbons (Fsp3) is 0.846. The molecule has 0 bridgehead atoms. The normalized spacial score (nSPS) is 22.1. The minimum atomic E-state index is -0.476. The Morgan fingerprint density at radius 1 is 1.42 bits per heavy atom. The smallest absolute Gasteiger partial charge is 0.231 e. The Kier molecular flexibility index (Phi) is 4.54. The van der Waals surface area contributed by atoms with E-state index in [9.17, 15) is 0 Å². The fourth-order valence-electron chi connectivity index (χ4n) is 2.56. The van der Waals surface area contributed by atoms with Crippen molar-refractivity contribution in [1.82, 2.24) is 10.1 Å². The SMILES string of the molecule is CCC(c1nc(C2(OC)CCOCC2)no1)C(C)N. The second-order valence-corrected chi connectivity index (χ2v) is 5.14. The van der Waals surface area contributed by atoms with E-state index in [4.69, 9.17) is 19.7 Å². The first-order valence-corrected chi connectivity index (χ1v) is 6.85. The minimum Gasteiger partial charge on any atom is -0.381 e. The van der Waals surface area contributed by atoms with E-state index in [1.807, 2.05) is 6.92 Å². The molecule has 2 N–H and O–H groups in total. The number of hydrogen-bond acceptors (Lipinski definition) is 6. The predicted molar refractivity (Wildman–Crippen MR) is 69.7 cm³/mol. The zero-order valence-corrected chi connectivity index (χ0v) is 11.9. The van der Waals surface area contributed by atoms with Crippen LogP contribution in [0, 0.1) is 0 Å². The van der Waals surface area contributed by atoms with Gasteiger partial charge in [0.05, 0.1) is 5.92 Å². The van der Waals surface area contributed by atoms with Crippen LogP contribution in [0.3, 0.4) is 0 Å². The molecule has 6 nitrogen and oxygen atoms in total. The van der Waals surface area contributed by atoms with Crippen LogP contribution in [0.1, 0.15) is 50.7 Å². The van der Waals surface area contributed by atoms with Gasteiger partial charge in [0.2, 0.25) is 11.7 Å². The summed E-state index contributed by atoms with van der Waals surface area (Å²) in [5.74, 6) is 1.32. The lowest BCUT2D eigenvalue weighted by Crippen LogP contribution is -2.36. The Morgan fingerprint density at radius 3 is 2.63 bits per heavy atom. The van der Waals surface area contributed by atoms with Crippen LogP contribution in [0.2, 0.25) is 0 Å². The zero-order valence-electron chi connectivity index (χ0n) is 11.9. The van der Waals surface area contributed by atoms with Crippen molar-refractivity contribution in [3.8, 4) is 0 Å². The molecule has 0 saturated carbocycles. The number of rotatable bonds is 5. The lowest BCUT2D eigenvalue weighted by atomic mass is 9.93. The number of ether oxygens (including phenoxy) is 2. The summed E-state index contributed by atoms with van der Waals surface area (Å²) >= 11 is 0. The largest absolute Gasteiger partial charge is 0.381 e. The molecule has 19 heavy (non-hydrogen) atoms. The van der Waals surface area contributed by atoms with Crippen molar-refractivity contribution in [2.24, 2.45) is 5.73 Å². The van der Waals surface area contributed by atoms with Crippen LogP contribution in [-0.4, -0.2) is 36.5 Å². The molecule has 2 atom stereocenters. The summed E-state index contributed by atoms with van der Waals surface area (Å²) in [6, 6.07) is -0.00789. The van der Waals surface area contributed by atoms with E-state index in [0.717, 1.165) is 19.3 Å². The maximum Gasteiger partial charge on any atom is 0.231 e. The predicted octanol–water partition coefficient (Wildman–Crippen LogP) is 1.56. The van der Waals surface area contributed by atoms with Gasteiger partial charge < -0.3 is 19.7 Å². The quantitative estimate of drug-likeness (QED) is 0.873. The van der Waals surface area contributed by atoms with Crippen molar-refractivity contribution in [3.05, 3.63) is 11.7 Å². The highest BCUT2D eigenvalue weighted by Crippen LogP contribution is 2.34. The van der Waals surface area contributed by atoms with Crippen LogP contribution in [0.5, 0.6) is 0 Å². The van der Waals surface area contributed by atoms with Gasteiger partial charge in [0.1, 0.15) is 5.60 Å². The first kappa shape index (κ1) is 14.4. The molecule has 2 unspecified atom stereocenters. The van der Waals surface area contributed by atoms with Crippen molar-refractivity contribution in [3.63, 3.8) is 0 Å². The molecule has 1 aromatic rings. The Hall–Kier alpha value is -0.980. The molecule has 1 fully saturated rings. The average Bonchev–Trinajstić information content (AvgIpc) is 2.90. The molecule has 0 amide bonds. The molecule has 0 aromatic carbocycles. The van der Waals surface area contributed by atoms with Crippen LogP contribution in [-0.2, 0) is 15.1 Å². The van der Waals surface area contributed by atoms with Gasteiger partial charge in [-0.2, -0.15) is 4.98 Å². The third-order valence-electron chi connectivity index (χ3n) is 3.93. The first-order chi connectivity index (χ1) is 9.13. The van der Waals surface area contributed by atoms with Crippen LogP contribution >= 0.6 is 0 Å². The number of nitrogens with zero attached hydrogens (tertiary/aromatic N) is 2. The standard InChI is InChI=1S/C13H23N3O3/c1-4-10(9(2)14)11-15-12(16-19-11)13(17-3)5-7-18-8-6-13/h9-10H,4-8,14H2,1-3H3. The lowest BCUT2D eigenvalue weighted by molar-refractivity contribution is -0.101. The highest BCUT2D eigenvalue weighted by molar-refractivity contribution is 5.06. The number of methoxy groups -OCH3 is 1. The molecule has 2 rings (SSSR count). The van der Waals surface area contributed by atoms with Crippen LogP contribution < -0.4 is 5.73 Å². The van der Waals surface area contributed by atoms with Crippen LogP contribution in [0.25, 0.3) is 0 Å². The van der Waals surface area contributed by atoms with Gasteiger partial charge in [0.15, 0.2) is 0 Å². The van der Waals surface area contributed by atoms with E-state index in [2.05, 4.69) is 17.1 Å². The molecule has 0 spiro atoms. The van der Waals surface area contributed by atoms with E-state index >= 15 is 0 Å². The summed E-state index contributed by atoms with van der Waals surface area (Å²) in [4.78, 5) is 4.53. The average molecular weight is 269 g/mol. The summed E-state index contributed by atoms with van der Waals surface area (Å²) in [5, 5.41) is 4.11. The van der Waals surface area contributed by atoms with Crippen molar-refractivity contribution >= 4 is 0 Å². The summed E-state index contributed by atoms with van der Waals surface area (Å²) < 4.78 is 16.4. The van der Waals surface area contributed by atoms with E-state index in [1.54, 1.807) is 7.11 Å². The highest BCUT2D eigenvalue weighted by Gasteiger charge is 2.39. The summed E-state index contributed by atoms with van der Waals surface area (Å²) in [5.41, 5.74) is 5.48. The molecule has 1 saturated heterocycles. The molecule has 2 heterocycles. The van der Waals surface area contributed by atoms with Gasteiger partial charge in [-0.05, 0) is 13.3 Å². The molecule has 1 aromatic heterocycles. The molecular weight excluding hydrogens is 246 g/mol. The Bertz CT molecular complexity index is 400. The van der Waals surface area contributed by atoms with Crippen molar-refractivity contribution < 1.29 is 14.0 Å². The van der Waals surface area contributed by atoms with E-state index in [1.165, 1.54) is 0 Å². The number of nitrogens with two attached hydrogens (primary N) is 1. The molecule has 1 aliphatic heterocycles. The van der Waals surface area contributed by atoms with Gasteiger partial charge in [-0.3, -0.25) is 0 Å². The molecule has 1 aliphatic rings. The molecule has 6 heteroatoms. The molecule has 0 aliphatic carbocycles. The monoisotopic (exact) mass is 269 g/mol. The van der Waals surface area contributed by atoms with Gasteiger partial charge in [-0.1, -0.05) is 12.1 Å². The maximum atomic E-state index is 5.95. The Balaban J connectivity index is 2.23. The Morgan fingerprint density at radius 2 is 2.11 bits per heavy atom. The van der Waals surface area contributed by atoms with Crippen LogP contribution in [0.4, 0.5) is 0 Å². The van der Waals surface area contributed by atoms with Gasteiger partial charge in [-0.15, -0.1) is 0 Å². The van der Waals surface area contributed by atoms with E-state index in [0.29, 0.717) is 24.9 Å². The van der Waals surface area contributed by atoms with E-state index in [-0.39, 0.29) is 12.0 Å². The minimum absolute atomic E-state index is 0.00789. The summed E-state index contributed by atoms with van der Waals surface area (Å²) in [6.45, 7) is 5.33. The second kappa shape index (κ2) is 5.98. The van der Waals surface area contributed by atoms with Gasteiger partial charge in [0.25, 0.3) is 0 Å². The molecular formula is C13H23N3O3. The highest BCUT2D eigenvalue weighted by atomic mass is 16.5.